The van der Waals surface area contributed by atoms with Gasteiger partial charge in [0.15, 0.2) is 0 Å². The minimum atomic E-state index is -1.37. The van der Waals surface area contributed by atoms with Crippen LogP contribution in [0.3, 0.4) is 0 Å². The van der Waals surface area contributed by atoms with Crippen molar-refractivity contribution in [1.29, 1.82) is 0 Å². The first-order valence-electron chi connectivity index (χ1n) is 23.4. The Hall–Kier alpha value is -3.61. The van der Waals surface area contributed by atoms with Crippen LogP contribution < -0.4 is 14.8 Å². The van der Waals surface area contributed by atoms with Gasteiger partial charge in [-0.1, -0.05) is 102 Å². The minimum Gasteiger partial charge on any atom is -0.459 e. The molecule has 0 aromatic heterocycles. The van der Waals surface area contributed by atoms with E-state index in [9.17, 15) is 19.8 Å². The smallest absolute Gasteiger partial charge is 0.412 e. The lowest BCUT2D eigenvalue weighted by atomic mass is 9.55. The van der Waals surface area contributed by atoms with Crippen LogP contribution >= 0.6 is 0 Å². The van der Waals surface area contributed by atoms with Crippen LogP contribution in [0.1, 0.15) is 155 Å². The fourth-order valence-corrected chi connectivity index (χ4v) is 9.62. The van der Waals surface area contributed by atoms with Gasteiger partial charge in [-0.05, 0) is 88.0 Å². The molecule has 0 radical (unpaired) electrons. The summed E-state index contributed by atoms with van der Waals surface area (Å²) in [5, 5.41) is 27.4. The fraction of sp³-hybridized carbons (Fsp3) is 0.729. The van der Waals surface area contributed by atoms with Crippen molar-refractivity contribution in [2.75, 3.05) is 46.1 Å². The molecule has 338 valence electrons. The molecule has 0 saturated heterocycles. The molecule has 1 fully saturated rings. The quantitative estimate of drug-likeness (QED) is 0.0407. The molecule has 1 aromatic carbocycles. The average Bonchev–Trinajstić information content (AvgIpc) is 3.24. The number of hydrogen-bond donors (Lipinski definition) is 3. The highest BCUT2D eigenvalue weighted by Gasteiger charge is 2.65. The number of ether oxygens (including phenoxy) is 4. The molecule has 2 amide bonds. The lowest BCUT2D eigenvalue weighted by Gasteiger charge is -2.59. The van der Waals surface area contributed by atoms with E-state index in [1.807, 2.05) is 26.0 Å². The summed E-state index contributed by atoms with van der Waals surface area (Å²) in [6, 6.07) is 4.90. The third-order valence-corrected chi connectivity index (χ3v) is 12.3. The second kappa shape index (κ2) is 26.7. The van der Waals surface area contributed by atoms with Crippen LogP contribution in [0.2, 0.25) is 0 Å². The minimum absolute atomic E-state index is 0.0491. The molecular formula is C48H77N3O9. The van der Waals surface area contributed by atoms with E-state index in [1.165, 1.54) is 51.4 Å². The highest BCUT2D eigenvalue weighted by atomic mass is 16.7. The second-order valence-corrected chi connectivity index (χ2v) is 16.6. The summed E-state index contributed by atoms with van der Waals surface area (Å²) in [4.78, 5) is 34.6. The molecule has 1 saturated carbocycles. The van der Waals surface area contributed by atoms with Gasteiger partial charge in [0, 0.05) is 44.2 Å². The van der Waals surface area contributed by atoms with E-state index < -0.39 is 29.9 Å². The number of oxime groups is 1. The maximum absolute atomic E-state index is 13.9. The number of aliphatic hydroxyl groups is 2. The highest BCUT2D eigenvalue weighted by Crippen LogP contribution is 2.62. The largest absolute Gasteiger partial charge is 0.459 e. The maximum Gasteiger partial charge on any atom is 0.412 e. The van der Waals surface area contributed by atoms with Crippen molar-refractivity contribution < 1.29 is 43.6 Å². The number of benzene rings is 1. The number of aliphatic hydroxyl groups excluding tert-OH is 2. The summed E-state index contributed by atoms with van der Waals surface area (Å²) in [5.41, 5.74) is 2.57. The SMILES string of the molecule is C=CCOC12Oc3ccc(OC(=O)NCCCCCCCCCCCC)cc3C3C(CCCCO)C(CCCCO)C=C(C(=NOCC)CC1N(CCC)C(=O)OCC)C32. The molecule has 1 heterocycles. The molecule has 0 bridgehead atoms. The average molecular weight is 840 g/mol. The number of allylic oxidation sites excluding steroid dienone is 1. The maximum atomic E-state index is 13.9. The Morgan fingerprint density at radius 1 is 0.917 bits per heavy atom. The van der Waals surface area contributed by atoms with Crippen molar-refractivity contribution in [1.82, 2.24) is 10.2 Å². The molecule has 0 spiro atoms. The zero-order valence-electron chi connectivity index (χ0n) is 37.3. The lowest BCUT2D eigenvalue weighted by Crippen LogP contribution is -2.70. The molecule has 60 heavy (non-hydrogen) atoms. The van der Waals surface area contributed by atoms with E-state index in [4.69, 9.17) is 28.9 Å². The van der Waals surface area contributed by atoms with Crippen molar-refractivity contribution >= 4 is 17.9 Å². The number of hydrogen-bond acceptors (Lipinski definition) is 10. The van der Waals surface area contributed by atoms with Crippen LogP contribution in [0.15, 0.2) is 47.7 Å². The number of nitrogens with zero attached hydrogens (tertiary/aromatic N) is 2. The van der Waals surface area contributed by atoms with Gasteiger partial charge in [-0.15, -0.1) is 6.58 Å². The van der Waals surface area contributed by atoms with E-state index in [0.717, 1.165) is 55.4 Å². The summed E-state index contributed by atoms with van der Waals surface area (Å²) in [6.07, 6.45) is 20.9. The van der Waals surface area contributed by atoms with Crippen LogP contribution in [0.25, 0.3) is 0 Å². The summed E-state index contributed by atoms with van der Waals surface area (Å²) in [5.74, 6) is -0.909. The molecule has 1 aromatic rings. The fourth-order valence-electron chi connectivity index (χ4n) is 9.62. The second-order valence-electron chi connectivity index (χ2n) is 16.6. The van der Waals surface area contributed by atoms with Crippen molar-refractivity contribution in [2.24, 2.45) is 22.9 Å². The molecule has 12 heteroatoms. The predicted octanol–water partition coefficient (Wildman–Crippen LogP) is 10.2. The van der Waals surface area contributed by atoms with Crippen LogP contribution in [0.5, 0.6) is 11.5 Å². The summed E-state index contributed by atoms with van der Waals surface area (Å²) >= 11 is 0. The molecule has 3 N–H and O–H groups in total. The van der Waals surface area contributed by atoms with E-state index in [0.29, 0.717) is 56.9 Å². The standard InChI is InChI=1S/C48H77N3O9/c1-6-11-12-13-14-15-16-17-18-21-28-49-46(54)59-37-26-27-42-40(34-37)44-38(25-20-23-31-53)36(24-19-22-30-52)33-39-41(50-58-10-5)35-43(51(29-7-2)47(55)56-9-4)48(60-42,45(39)44)57-32-8-3/h8,26-27,33-34,36,38,43-45,52-53H,3,6-7,9-25,28-32,35H2,1-2,4-5H3,(H,49,54). The third kappa shape index (κ3) is 13.2. The van der Waals surface area contributed by atoms with Crippen molar-refractivity contribution in [3.8, 4) is 11.5 Å². The highest BCUT2D eigenvalue weighted by molar-refractivity contribution is 6.03. The Morgan fingerprint density at radius 2 is 1.62 bits per heavy atom. The molecule has 1 aliphatic heterocycles. The van der Waals surface area contributed by atoms with Gasteiger partial charge in [-0.25, -0.2) is 9.59 Å². The third-order valence-electron chi connectivity index (χ3n) is 12.3. The van der Waals surface area contributed by atoms with Crippen LogP contribution in [-0.4, -0.2) is 91.0 Å². The van der Waals surface area contributed by atoms with Crippen molar-refractivity contribution in [2.45, 2.75) is 161 Å². The van der Waals surface area contributed by atoms with Gasteiger partial charge in [0.05, 0.1) is 24.8 Å². The first-order chi connectivity index (χ1) is 29.3. The van der Waals surface area contributed by atoms with Gasteiger partial charge in [0.25, 0.3) is 0 Å². The monoisotopic (exact) mass is 840 g/mol. The van der Waals surface area contributed by atoms with Gasteiger partial charge in [0.2, 0.25) is 5.79 Å². The number of fused-ring (bicyclic) bond motifs is 2. The molecule has 6 atom stereocenters. The lowest BCUT2D eigenvalue weighted by molar-refractivity contribution is -0.255. The molecule has 4 rings (SSSR count). The Morgan fingerprint density at radius 3 is 2.27 bits per heavy atom. The molecule has 2 aliphatic carbocycles. The number of carbonyl (C=O) groups is 2. The summed E-state index contributed by atoms with van der Waals surface area (Å²) < 4.78 is 25.8. The van der Waals surface area contributed by atoms with E-state index >= 15 is 0 Å². The van der Waals surface area contributed by atoms with Gasteiger partial charge in [0.1, 0.15) is 24.1 Å². The summed E-state index contributed by atoms with van der Waals surface area (Å²) in [6.45, 7) is 13.9. The summed E-state index contributed by atoms with van der Waals surface area (Å²) in [7, 11) is 0. The van der Waals surface area contributed by atoms with Crippen molar-refractivity contribution in [3.63, 3.8) is 0 Å². The number of rotatable bonds is 29. The molecule has 6 unspecified atom stereocenters. The van der Waals surface area contributed by atoms with E-state index in [2.05, 4.69) is 24.9 Å². The van der Waals surface area contributed by atoms with Crippen LogP contribution in [-0.2, 0) is 14.3 Å². The number of unbranched alkanes of at least 4 members (excludes halogenated alkanes) is 11. The number of amides is 2. The van der Waals surface area contributed by atoms with Gasteiger partial charge >= 0.3 is 12.2 Å². The zero-order chi connectivity index (χ0) is 43.2. The van der Waals surface area contributed by atoms with Crippen molar-refractivity contribution in [3.05, 3.63) is 48.1 Å². The molecular weight excluding hydrogens is 763 g/mol. The Kier molecular flexibility index (Phi) is 21.8. The van der Waals surface area contributed by atoms with Gasteiger partial charge in [-0.2, -0.15) is 0 Å². The van der Waals surface area contributed by atoms with Crippen LogP contribution in [0.4, 0.5) is 9.59 Å². The number of carbonyl (C=O) groups excluding carboxylic acids is 2. The van der Waals surface area contributed by atoms with E-state index in [1.54, 1.807) is 24.0 Å². The molecule has 3 aliphatic rings. The first kappa shape index (κ1) is 49.0. The van der Waals surface area contributed by atoms with E-state index in [-0.39, 0.29) is 44.2 Å². The Labute approximate surface area is 360 Å². The van der Waals surface area contributed by atoms with Gasteiger partial charge in [-0.3, -0.25) is 4.90 Å². The normalized spacial score (nSPS) is 23.5. The Bertz CT molecular complexity index is 1520. The first-order valence-corrected chi connectivity index (χ1v) is 23.4. The van der Waals surface area contributed by atoms with Gasteiger partial charge < -0.3 is 39.3 Å². The Balaban J connectivity index is 1.74. The zero-order valence-corrected chi connectivity index (χ0v) is 37.3. The predicted molar refractivity (Wildman–Crippen MR) is 236 cm³/mol. The van der Waals surface area contributed by atoms with Crippen LogP contribution in [0, 0.1) is 17.8 Å². The number of nitrogens with one attached hydrogen (secondary N) is 1. The topological polar surface area (TPSA) is 148 Å². The molecule has 12 nitrogen and oxygen atoms in total.